The van der Waals surface area contributed by atoms with Crippen molar-refractivity contribution in [3.05, 3.63) is 0 Å². The minimum atomic E-state index is -0.866. The first-order chi connectivity index (χ1) is 7.20. The average Bonchev–Trinajstić information content (AvgIpc) is 2.24. The first-order valence-corrected chi connectivity index (χ1v) is 5.33. The molecule has 5 heteroatoms. The SMILES string of the molecule is CCCOOOC(=O)OCCC(C)CC. The van der Waals surface area contributed by atoms with Gasteiger partial charge in [-0.25, -0.2) is 9.68 Å². The molecule has 90 valence electrons. The molecule has 1 atom stereocenters. The molecule has 0 aliphatic heterocycles. The lowest BCUT2D eigenvalue weighted by Gasteiger charge is -2.07. The Morgan fingerprint density at radius 3 is 2.60 bits per heavy atom. The molecule has 0 heterocycles. The highest BCUT2D eigenvalue weighted by molar-refractivity contribution is 5.58. The normalized spacial score (nSPS) is 12.2. The van der Waals surface area contributed by atoms with Crippen LogP contribution in [-0.4, -0.2) is 19.4 Å². The van der Waals surface area contributed by atoms with Crippen LogP contribution in [0.1, 0.15) is 40.0 Å². The van der Waals surface area contributed by atoms with Crippen LogP contribution in [-0.2, 0) is 19.6 Å². The highest BCUT2D eigenvalue weighted by Crippen LogP contribution is 2.06. The minimum absolute atomic E-state index is 0.338. The summed E-state index contributed by atoms with van der Waals surface area (Å²) in [6, 6.07) is 0. The molecule has 0 aliphatic carbocycles. The topological polar surface area (TPSA) is 54.0 Å². The Balaban J connectivity index is 3.26. The van der Waals surface area contributed by atoms with Gasteiger partial charge in [-0.3, -0.25) is 0 Å². The third kappa shape index (κ3) is 9.49. The lowest BCUT2D eigenvalue weighted by molar-refractivity contribution is -0.486. The maximum Gasteiger partial charge on any atom is 0.542 e. The first-order valence-electron chi connectivity index (χ1n) is 5.33. The fraction of sp³-hybridized carbons (Fsp3) is 0.900. The molecule has 0 radical (unpaired) electrons. The number of rotatable bonds is 8. The van der Waals surface area contributed by atoms with Crippen molar-refractivity contribution in [2.45, 2.75) is 40.0 Å². The predicted octanol–water partition coefficient (Wildman–Crippen LogP) is 2.85. The lowest BCUT2D eigenvalue weighted by atomic mass is 10.1. The second-order valence-electron chi connectivity index (χ2n) is 3.37. The Kier molecular flexibility index (Phi) is 9.21. The number of hydrogen-bond acceptors (Lipinski definition) is 5. The van der Waals surface area contributed by atoms with Crippen LogP contribution in [0.2, 0.25) is 0 Å². The van der Waals surface area contributed by atoms with E-state index >= 15 is 0 Å². The summed E-state index contributed by atoms with van der Waals surface area (Å²) < 4.78 is 4.73. The summed E-state index contributed by atoms with van der Waals surface area (Å²) >= 11 is 0. The van der Waals surface area contributed by atoms with Gasteiger partial charge in [0.15, 0.2) is 0 Å². The van der Waals surface area contributed by atoms with E-state index in [0.29, 0.717) is 19.1 Å². The molecule has 0 aromatic rings. The minimum Gasteiger partial charge on any atom is -0.432 e. The summed E-state index contributed by atoms with van der Waals surface area (Å²) in [6.45, 7) is 6.80. The van der Waals surface area contributed by atoms with Gasteiger partial charge in [0.2, 0.25) is 0 Å². The summed E-state index contributed by atoms with van der Waals surface area (Å²) in [5.41, 5.74) is 0. The largest absolute Gasteiger partial charge is 0.542 e. The molecule has 1 unspecified atom stereocenters. The quantitative estimate of drug-likeness (QED) is 0.272. The molecule has 0 aliphatic rings. The zero-order chi connectivity index (χ0) is 11.5. The van der Waals surface area contributed by atoms with Crippen molar-refractivity contribution in [2.24, 2.45) is 5.92 Å². The highest BCUT2D eigenvalue weighted by Gasteiger charge is 2.06. The van der Waals surface area contributed by atoms with Crippen LogP contribution in [0.4, 0.5) is 4.79 Å². The zero-order valence-electron chi connectivity index (χ0n) is 9.65. The molecular formula is C10H20O5. The van der Waals surface area contributed by atoms with Gasteiger partial charge < -0.3 is 4.74 Å². The van der Waals surface area contributed by atoms with Crippen LogP contribution in [0.3, 0.4) is 0 Å². The number of hydrogen-bond donors (Lipinski definition) is 0. The molecule has 0 rings (SSSR count). The van der Waals surface area contributed by atoms with Gasteiger partial charge in [0.1, 0.15) is 0 Å². The van der Waals surface area contributed by atoms with E-state index in [-0.39, 0.29) is 0 Å². The van der Waals surface area contributed by atoms with E-state index in [1.165, 1.54) is 0 Å². The molecular weight excluding hydrogens is 200 g/mol. The Labute approximate surface area is 90.5 Å². The summed E-state index contributed by atoms with van der Waals surface area (Å²) in [6.07, 6.45) is 1.80. The summed E-state index contributed by atoms with van der Waals surface area (Å²) in [5, 5.41) is 4.15. The summed E-state index contributed by atoms with van der Waals surface area (Å²) in [5.74, 6) is 0.537. The lowest BCUT2D eigenvalue weighted by Crippen LogP contribution is -2.11. The fourth-order valence-electron chi connectivity index (χ4n) is 0.741. The van der Waals surface area contributed by atoms with Crippen LogP contribution < -0.4 is 0 Å². The molecule has 0 aromatic carbocycles. The van der Waals surface area contributed by atoms with E-state index in [1.54, 1.807) is 0 Å². The molecule has 5 nitrogen and oxygen atoms in total. The van der Waals surface area contributed by atoms with Crippen LogP contribution in [0.5, 0.6) is 0 Å². The smallest absolute Gasteiger partial charge is 0.432 e. The summed E-state index contributed by atoms with van der Waals surface area (Å²) in [4.78, 5) is 19.5. The van der Waals surface area contributed by atoms with Crippen molar-refractivity contribution in [2.75, 3.05) is 13.2 Å². The third-order valence-electron chi connectivity index (χ3n) is 1.97. The van der Waals surface area contributed by atoms with E-state index < -0.39 is 6.16 Å². The first kappa shape index (κ1) is 14.2. The fourth-order valence-corrected chi connectivity index (χ4v) is 0.741. The Hall–Kier alpha value is -0.810. The van der Waals surface area contributed by atoms with Gasteiger partial charge in [0.25, 0.3) is 0 Å². The van der Waals surface area contributed by atoms with Crippen molar-refractivity contribution in [3.8, 4) is 0 Å². The van der Waals surface area contributed by atoms with Crippen LogP contribution >= 0.6 is 0 Å². The van der Waals surface area contributed by atoms with E-state index in [2.05, 4.69) is 28.7 Å². The van der Waals surface area contributed by atoms with Crippen molar-refractivity contribution >= 4 is 6.16 Å². The van der Waals surface area contributed by atoms with Crippen molar-refractivity contribution < 1.29 is 24.3 Å². The van der Waals surface area contributed by atoms with Gasteiger partial charge in [0.05, 0.1) is 13.2 Å². The molecule has 0 saturated carbocycles. The molecule has 0 aromatic heterocycles. The van der Waals surface area contributed by atoms with E-state index in [0.717, 1.165) is 19.3 Å². The van der Waals surface area contributed by atoms with Crippen molar-refractivity contribution in [1.82, 2.24) is 0 Å². The molecule has 0 N–H and O–H groups in total. The van der Waals surface area contributed by atoms with Crippen LogP contribution in [0, 0.1) is 5.92 Å². The van der Waals surface area contributed by atoms with E-state index in [4.69, 9.17) is 4.74 Å². The standard InChI is InChI=1S/C10H20O5/c1-4-7-13-15-14-10(11)12-8-6-9(3)5-2/h9H,4-8H2,1-3H3. The third-order valence-corrected chi connectivity index (χ3v) is 1.97. The van der Waals surface area contributed by atoms with Crippen molar-refractivity contribution in [1.29, 1.82) is 0 Å². The Morgan fingerprint density at radius 1 is 1.27 bits per heavy atom. The van der Waals surface area contributed by atoms with E-state index in [9.17, 15) is 4.79 Å². The molecule has 0 amide bonds. The second-order valence-corrected chi connectivity index (χ2v) is 3.37. The molecule has 0 bridgehead atoms. The second kappa shape index (κ2) is 9.73. The van der Waals surface area contributed by atoms with Crippen LogP contribution in [0.15, 0.2) is 0 Å². The van der Waals surface area contributed by atoms with Crippen LogP contribution in [0.25, 0.3) is 0 Å². The van der Waals surface area contributed by atoms with Gasteiger partial charge >= 0.3 is 6.16 Å². The number of ether oxygens (including phenoxy) is 1. The molecule has 0 saturated heterocycles. The number of carbonyl (C=O) groups excluding carboxylic acids is 1. The monoisotopic (exact) mass is 220 g/mol. The zero-order valence-corrected chi connectivity index (χ0v) is 9.65. The summed E-state index contributed by atoms with van der Waals surface area (Å²) in [7, 11) is 0. The number of carbonyl (C=O) groups is 1. The van der Waals surface area contributed by atoms with Gasteiger partial charge in [-0.15, -0.1) is 0 Å². The highest BCUT2D eigenvalue weighted by atomic mass is 17.5. The molecule has 15 heavy (non-hydrogen) atoms. The van der Waals surface area contributed by atoms with Gasteiger partial charge in [-0.2, -0.15) is 4.89 Å². The van der Waals surface area contributed by atoms with Gasteiger partial charge in [-0.1, -0.05) is 27.2 Å². The predicted molar refractivity (Wildman–Crippen MR) is 53.8 cm³/mol. The Morgan fingerprint density at radius 2 is 2.00 bits per heavy atom. The maximum atomic E-state index is 10.8. The maximum absolute atomic E-state index is 10.8. The van der Waals surface area contributed by atoms with Gasteiger partial charge in [-0.05, 0) is 23.8 Å². The Bertz CT molecular complexity index is 160. The van der Waals surface area contributed by atoms with Gasteiger partial charge in [0, 0.05) is 0 Å². The van der Waals surface area contributed by atoms with E-state index in [1.807, 2.05) is 6.92 Å². The molecule has 0 spiro atoms. The van der Waals surface area contributed by atoms with Crippen molar-refractivity contribution in [3.63, 3.8) is 0 Å². The average molecular weight is 220 g/mol. The molecule has 0 fully saturated rings.